The van der Waals surface area contributed by atoms with Crippen LogP contribution in [0, 0.1) is 0 Å². The van der Waals surface area contributed by atoms with Crippen molar-refractivity contribution in [1.82, 2.24) is 14.9 Å². The van der Waals surface area contributed by atoms with Crippen LogP contribution in [0.25, 0.3) is 0 Å². The van der Waals surface area contributed by atoms with Gasteiger partial charge in [-0.1, -0.05) is 18.2 Å². The average Bonchev–Trinajstić information content (AvgIpc) is 2.62. The lowest BCUT2D eigenvalue weighted by Gasteiger charge is -2.34. The Balaban J connectivity index is 1.52. The molecule has 122 valence electrons. The number of aromatic nitrogens is 2. The summed E-state index contributed by atoms with van der Waals surface area (Å²) in [4.78, 5) is 13.2. The van der Waals surface area contributed by atoms with Gasteiger partial charge in [0.1, 0.15) is 0 Å². The highest BCUT2D eigenvalue weighted by Crippen LogP contribution is 2.12. The maximum Gasteiger partial charge on any atom is 0.225 e. The summed E-state index contributed by atoms with van der Waals surface area (Å²) < 4.78 is 24.6. The van der Waals surface area contributed by atoms with Crippen LogP contribution in [-0.4, -0.2) is 61.8 Å². The number of nitrogens with zero attached hydrogens (tertiary/aromatic N) is 4. The molecular formula is C16H20N4O2S. The number of benzene rings is 1. The Morgan fingerprint density at radius 1 is 0.913 bits per heavy atom. The van der Waals surface area contributed by atoms with Crippen molar-refractivity contribution in [3.63, 3.8) is 0 Å². The van der Waals surface area contributed by atoms with Crippen LogP contribution in [0.3, 0.4) is 0 Å². The van der Waals surface area contributed by atoms with E-state index in [-0.39, 0.29) is 5.75 Å². The minimum absolute atomic E-state index is 0.152. The normalized spacial score (nSPS) is 16.4. The van der Waals surface area contributed by atoms with Gasteiger partial charge in [0.15, 0.2) is 9.84 Å². The lowest BCUT2D eigenvalue weighted by atomic mass is 10.3. The Kier molecular flexibility index (Phi) is 4.88. The zero-order chi connectivity index (χ0) is 16.1. The maximum atomic E-state index is 12.3. The van der Waals surface area contributed by atoms with E-state index in [0.717, 1.165) is 32.1 Å². The first-order valence-corrected chi connectivity index (χ1v) is 9.32. The van der Waals surface area contributed by atoms with Gasteiger partial charge in [-0.2, -0.15) is 0 Å². The van der Waals surface area contributed by atoms with Gasteiger partial charge in [0.2, 0.25) is 5.95 Å². The molecule has 1 saturated heterocycles. The topological polar surface area (TPSA) is 66.4 Å². The molecule has 2 aromatic rings. The number of rotatable bonds is 5. The average molecular weight is 332 g/mol. The maximum absolute atomic E-state index is 12.3. The smallest absolute Gasteiger partial charge is 0.225 e. The monoisotopic (exact) mass is 332 g/mol. The SMILES string of the molecule is O=S(=O)(CCN1CCN(c2ncccn2)CC1)c1ccccc1. The molecule has 0 aliphatic carbocycles. The second kappa shape index (κ2) is 7.06. The van der Waals surface area contributed by atoms with Crippen molar-refractivity contribution in [3.05, 3.63) is 48.8 Å². The fraction of sp³-hybridized carbons (Fsp3) is 0.375. The van der Waals surface area contributed by atoms with Gasteiger partial charge in [-0.3, -0.25) is 4.90 Å². The summed E-state index contributed by atoms with van der Waals surface area (Å²) in [5.41, 5.74) is 0. The van der Waals surface area contributed by atoms with Crippen LogP contribution < -0.4 is 4.90 Å². The van der Waals surface area contributed by atoms with E-state index in [9.17, 15) is 8.42 Å². The molecule has 0 bridgehead atoms. The van der Waals surface area contributed by atoms with Gasteiger partial charge >= 0.3 is 0 Å². The molecule has 1 aliphatic rings. The predicted molar refractivity (Wildman–Crippen MR) is 89.2 cm³/mol. The molecule has 2 heterocycles. The third-order valence-electron chi connectivity index (χ3n) is 3.99. The number of hydrogen-bond donors (Lipinski definition) is 0. The molecule has 1 aliphatic heterocycles. The first-order chi connectivity index (χ1) is 11.1. The Labute approximate surface area is 136 Å². The zero-order valence-electron chi connectivity index (χ0n) is 12.9. The van der Waals surface area contributed by atoms with E-state index in [4.69, 9.17) is 0 Å². The lowest BCUT2D eigenvalue weighted by Crippen LogP contribution is -2.48. The molecule has 7 heteroatoms. The van der Waals surface area contributed by atoms with Gasteiger partial charge in [-0.15, -0.1) is 0 Å². The molecule has 0 N–H and O–H groups in total. The van der Waals surface area contributed by atoms with Crippen LogP contribution in [0.1, 0.15) is 0 Å². The second-order valence-electron chi connectivity index (χ2n) is 5.51. The van der Waals surface area contributed by atoms with E-state index in [1.54, 1.807) is 42.7 Å². The van der Waals surface area contributed by atoms with Crippen molar-refractivity contribution in [2.24, 2.45) is 0 Å². The number of hydrogen-bond acceptors (Lipinski definition) is 6. The second-order valence-corrected chi connectivity index (χ2v) is 7.62. The molecule has 0 spiro atoms. The predicted octanol–water partition coefficient (Wildman–Crippen LogP) is 1.07. The molecule has 1 aromatic heterocycles. The molecule has 0 radical (unpaired) electrons. The largest absolute Gasteiger partial charge is 0.338 e. The summed E-state index contributed by atoms with van der Waals surface area (Å²) in [6.07, 6.45) is 3.47. The number of anilines is 1. The van der Waals surface area contributed by atoms with Gasteiger partial charge in [0, 0.05) is 45.1 Å². The molecule has 0 atom stereocenters. The van der Waals surface area contributed by atoms with Crippen LogP contribution in [-0.2, 0) is 9.84 Å². The Hall–Kier alpha value is -1.99. The summed E-state index contributed by atoms with van der Waals surface area (Å²) in [6.45, 7) is 3.83. The third-order valence-corrected chi connectivity index (χ3v) is 5.70. The fourth-order valence-electron chi connectivity index (χ4n) is 2.62. The van der Waals surface area contributed by atoms with Crippen LogP contribution in [0.5, 0.6) is 0 Å². The Morgan fingerprint density at radius 2 is 1.57 bits per heavy atom. The fourth-order valence-corrected chi connectivity index (χ4v) is 3.93. The quantitative estimate of drug-likeness (QED) is 0.816. The summed E-state index contributed by atoms with van der Waals surface area (Å²) in [5, 5.41) is 0. The van der Waals surface area contributed by atoms with E-state index in [0.29, 0.717) is 11.4 Å². The molecule has 6 nitrogen and oxygen atoms in total. The summed E-state index contributed by atoms with van der Waals surface area (Å²) >= 11 is 0. The van der Waals surface area contributed by atoms with Crippen molar-refractivity contribution < 1.29 is 8.42 Å². The van der Waals surface area contributed by atoms with Crippen molar-refractivity contribution in [2.45, 2.75) is 4.90 Å². The van der Waals surface area contributed by atoms with Crippen molar-refractivity contribution in [3.8, 4) is 0 Å². The van der Waals surface area contributed by atoms with E-state index in [1.807, 2.05) is 6.07 Å². The number of sulfone groups is 1. The van der Waals surface area contributed by atoms with Gasteiger partial charge in [0.25, 0.3) is 0 Å². The van der Waals surface area contributed by atoms with Gasteiger partial charge < -0.3 is 4.90 Å². The highest BCUT2D eigenvalue weighted by atomic mass is 32.2. The van der Waals surface area contributed by atoms with Crippen LogP contribution >= 0.6 is 0 Å². The Bertz CT molecular complexity index is 714. The van der Waals surface area contributed by atoms with E-state index in [2.05, 4.69) is 19.8 Å². The summed E-state index contributed by atoms with van der Waals surface area (Å²) in [7, 11) is -3.21. The van der Waals surface area contributed by atoms with Gasteiger partial charge in [-0.25, -0.2) is 18.4 Å². The van der Waals surface area contributed by atoms with Gasteiger partial charge in [0.05, 0.1) is 10.6 Å². The Morgan fingerprint density at radius 3 is 2.22 bits per heavy atom. The molecule has 0 unspecified atom stereocenters. The molecule has 23 heavy (non-hydrogen) atoms. The zero-order valence-corrected chi connectivity index (χ0v) is 13.7. The minimum atomic E-state index is -3.21. The van der Waals surface area contributed by atoms with E-state index < -0.39 is 9.84 Å². The molecule has 1 aromatic carbocycles. The summed E-state index contributed by atoms with van der Waals surface area (Å²) in [5.74, 6) is 0.892. The van der Waals surface area contributed by atoms with Crippen molar-refractivity contribution >= 4 is 15.8 Å². The first kappa shape index (κ1) is 15.9. The van der Waals surface area contributed by atoms with Gasteiger partial charge in [-0.05, 0) is 18.2 Å². The summed E-state index contributed by atoms with van der Waals surface area (Å²) in [6, 6.07) is 10.4. The highest BCUT2D eigenvalue weighted by molar-refractivity contribution is 7.91. The molecule has 3 rings (SSSR count). The molecule has 0 saturated carbocycles. The minimum Gasteiger partial charge on any atom is -0.338 e. The standard InChI is InChI=1S/C16H20N4O2S/c21-23(22,15-5-2-1-3-6-15)14-13-19-9-11-20(12-10-19)16-17-7-4-8-18-16/h1-8H,9-14H2. The van der Waals surface area contributed by atoms with Crippen LogP contribution in [0.2, 0.25) is 0 Å². The highest BCUT2D eigenvalue weighted by Gasteiger charge is 2.21. The lowest BCUT2D eigenvalue weighted by molar-refractivity contribution is 0.270. The van der Waals surface area contributed by atoms with Crippen molar-refractivity contribution in [1.29, 1.82) is 0 Å². The third kappa shape index (κ3) is 4.05. The number of piperazine rings is 1. The molecular weight excluding hydrogens is 312 g/mol. The molecule has 1 fully saturated rings. The molecule has 0 amide bonds. The van der Waals surface area contributed by atoms with E-state index >= 15 is 0 Å². The first-order valence-electron chi connectivity index (χ1n) is 7.67. The van der Waals surface area contributed by atoms with E-state index in [1.165, 1.54) is 0 Å². The van der Waals surface area contributed by atoms with Crippen molar-refractivity contribution in [2.75, 3.05) is 43.4 Å². The van der Waals surface area contributed by atoms with Crippen LogP contribution in [0.15, 0.2) is 53.7 Å². The van der Waals surface area contributed by atoms with Crippen LogP contribution in [0.4, 0.5) is 5.95 Å².